The van der Waals surface area contributed by atoms with Crippen molar-refractivity contribution in [2.45, 2.75) is 13.5 Å². The highest BCUT2D eigenvalue weighted by atomic mass is 35.5. The highest BCUT2D eigenvalue weighted by Gasteiger charge is 2.16. The number of benzene rings is 1. The molecular weight excluding hydrogens is 398 g/mol. The zero-order valence-electron chi connectivity index (χ0n) is 14.7. The Hall–Kier alpha value is -3.10. The zero-order valence-corrected chi connectivity index (χ0v) is 16.3. The van der Waals surface area contributed by atoms with E-state index in [2.05, 4.69) is 19.7 Å². The molecule has 7 nitrogen and oxygen atoms in total. The van der Waals surface area contributed by atoms with Crippen molar-refractivity contribution in [1.29, 1.82) is 0 Å². The lowest BCUT2D eigenvalue weighted by Gasteiger charge is -2.09. The first-order chi connectivity index (χ1) is 13.5. The molecule has 0 unspecified atom stereocenters. The average molecular weight is 412 g/mol. The summed E-state index contributed by atoms with van der Waals surface area (Å²) in [5, 5.41) is 3.16. The molecule has 1 amide bonds. The number of carbonyl (C=O) groups excluding carboxylic acids is 1. The molecule has 1 N–H and O–H groups in total. The van der Waals surface area contributed by atoms with Crippen LogP contribution in [0.15, 0.2) is 53.8 Å². The Labute approximate surface area is 168 Å². The Morgan fingerprint density at radius 1 is 1.25 bits per heavy atom. The number of pyridine rings is 1. The number of halogens is 1. The van der Waals surface area contributed by atoms with Gasteiger partial charge in [0.25, 0.3) is 5.56 Å². The highest BCUT2D eigenvalue weighted by Crippen LogP contribution is 2.26. The summed E-state index contributed by atoms with van der Waals surface area (Å²) < 4.78 is 6.01. The van der Waals surface area contributed by atoms with E-state index in [1.54, 1.807) is 36.7 Å². The van der Waals surface area contributed by atoms with E-state index in [0.29, 0.717) is 26.6 Å². The van der Waals surface area contributed by atoms with Gasteiger partial charge in [0.05, 0.1) is 17.0 Å². The van der Waals surface area contributed by atoms with Gasteiger partial charge < -0.3 is 5.32 Å². The summed E-state index contributed by atoms with van der Waals surface area (Å²) in [6.45, 7) is 1.74. The maximum absolute atomic E-state index is 12.7. The fourth-order valence-electron chi connectivity index (χ4n) is 2.73. The van der Waals surface area contributed by atoms with Crippen LogP contribution in [0, 0.1) is 6.92 Å². The van der Waals surface area contributed by atoms with E-state index >= 15 is 0 Å². The zero-order chi connectivity index (χ0) is 19.7. The van der Waals surface area contributed by atoms with E-state index in [1.165, 1.54) is 10.9 Å². The Morgan fingerprint density at radius 2 is 2.04 bits per heavy atom. The molecule has 0 aliphatic heterocycles. The number of rotatable bonds is 4. The highest BCUT2D eigenvalue weighted by molar-refractivity contribution is 7.13. The number of amides is 1. The van der Waals surface area contributed by atoms with Crippen LogP contribution in [0.3, 0.4) is 0 Å². The third-order valence-corrected chi connectivity index (χ3v) is 5.25. The smallest absolute Gasteiger partial charge is 0.273 e. The van der Waals surface area contributed by atoms with Crippen molar-refractivity contribution < 1.29 is 4.79 Å². The molecule has 0 bridgehead atoms. The second-order valence-corrected chi connectivity index (χ2v) is 7.33. The Kier molecular flexibility index (Phi) is 4.89. The van der Waals surface area contributed by atoms with Crippen molar-refractivity contribution in [3.63, 3.8) is 0 Å². The minimum Gasteiger partial charge on any atom is -0.323 e. The normalized spacial score (nSPS) is 10.9. The summed E-state index contributed by atoms with van der Waals surface area (Å²) in [6.07, 6.45) is 4.67. The Bertz CT molecular complexity index is 1240. The summed E-state index contributed by atoms with van der Waals surface area (Å²) in [6, 6.07) is 8.94. The number of anilines is 1. The van der Waals surface area contributed by atoms with Crippen molar-refractivity contribution in [1.82, 2.24) is 18.9 Å². The number of nitrogens with zero attached hydrogens (tertiary/aromatic N) is 4. The molecule has 0 aliphatic carbocycles. The van der Waals surface area contributed by atoms with Gasteiger partial charge in [-0.1, -0.05) is 17.7 Å². The number of hydrogen-bond donors (Lipinski definition) is 1. The van der Waals surface area contributed by atoms with Crippen LogP contribution >= 0.6 is 23.1 Å². The standard InChI is InChI=1S/C19H14ClN5O2S/c1-11-2-3-14(13(20)8-11)23-15(26)9-25-10-22-17-16(12-4-6-21-7-5-12)24-28-18(17)19(25)27/h2-8,10H,9H2,1H3,(H,23,26). The molecule has 140 valence electrons. The monoisotopic (exact) mass is 411 g/mol. The molecule has 4 rings (SSSR count). The van der Waals surface area contributed by atoms with Gasteiger partial charge in [0.15, 0.2) is 0 Å². The molecule has 0 atom stereocenters. The van der Waals surface area contributed by atoms with Crippen LogP contribution in [-0.2, 0) is 11.3 Å². The van der Waals surface area contributed by atoms with Crippen molar-refractivity contribution in [3.05, 3.63) is 70.0 Å². The van der Waals surface area contributed by atoms with Crippen molar-refractivity contribution >= 4 is 44.9 Å². The van der Waals surface area contributed by atoms with Crippen molar-refractivity contribution in [2.24, 2.45) is 0 Å². The van der Waals surface area contributed by atoms with Gasteiger partial charge in [0.1, 0.15) is 22.5 Å². The first-order valence-electron chi connectivity index (χ1n) is 8.34. The maximum atomic E-state index is 12.7. The topological polar surface area (TPSA) is 89.8 Å². The summed E-state index contributed by atoms with van der Waals surface area (Å²) in [5.74, 6) is -0.368. The third-order valence-electron chi connectivity index (χ3n) is 4.12. The van der Waals surface area contributed by atoms with Gasteiger partial charge in [0.2, 0.25) is 5.91 Å². The summed E-state index contributed by atoms with van der Waals surface area (Å²) in [7, 11) is 0. The van der Waals surface area contributed by atoms with Crippen molar-refractivity contribution in [2.75, 3.05) is 5.32 Å². The van der Waals surface area contributed by atoms with Gasteiger partial charge in [-0.25, -0.2) is 4.98 Å². The predicted molar refractivity (Wildman–Crippen MR) is 110 cm³/mol. The minimum absolute atomic E-state index is 0.172. The van der Waals surface area contributed by atoms with Crippen LogP contribution in [0.4, 0.5) is 5.69 Å². The van der Waals surface area contributed by atoms with E-state index in [9.17, 15) is 9.59 Å². The molecule has 0 radical (unpaired) electrons. The fraction of sp³-hybridized carbons (Fsp3) is 0.105. The molecule has 3 heterocycles. The van der Waals surface area contributed by atoms with Crippen LogP contribution in [0.2, 0.25) is 5.02 Å². The molecule has 0 spiro atoms. The Balaban J connectivity index is 1.60. The summed E-state index contributed by atoms with van der Waals surface area (Å²) in [5.41, 5.74) is 3.15. The number of aryl methyl sites for hydroxylation is 1. The van der Waals surface area contributed by atoms with Gasteiger partial charge in [-0.3, -0.25) is 19.1 Å². The van der Waals surface area contributed by atoms with E-state index in [4.69, 9.17) is 11.6 Å². The lowest BCUT2D eigenvalue weighted by Crippen LogP contribution is -2.27. The third kappa shape index (κ3) is 3.51. The van der Waals surface area contributed by atoms with E-state index in [0.717, 1.165) is 22.7 Å². The van der Waals surface area contributed by atoms with Crippen LogP contribution in [0.5, 0.6) is 0 Å². The number of fused-ring (bicyclic) bond motifs is 1. The van der Waals surface area contributed by atoms with Crippen molar-refractivity contribution in [3.8, 4) is 11.3 Å². The van der Waals surface area contributed by atoms with Gasteiger partial charge in [-0.15, -0.1) is 0 Å². The second-order valence-electron chi connectivity index (χ2n) is 6.15. The largest absolute Gasteiger partial charge is 0.323 e. The van der Waals surface area contributed by atoms with Gasteiger partial charge in [0, 0.05) is 18.0 Å². The quantitative estimate of drug-likeness (QED) is 0.555. The van der Waals surface area contributed by atoms with Gasteiger partial charge in [-0.2, -0.15) is 4.37 Å². The average Bonchev–Trinajstić information content (AvgIpc) is 3.12. The molecule has 28 heavy (non-hydrogen) atoms. The molecule has 0 saturated carbocycles. The van der Waals surface area contributed by atoms with E-state index < -0.39 is 0 Å². The number of aromatic nitrogens is 4. The maximum Gasteiger partial charge on any atom is 0.273 e. The Morgan fingerprint density at radius 3 is 2.79 bits per heavy atom. The van der Waals surface area contributed by atoms with Crippen LogP contribution < -0.4 is 10.9 Å². The molecule has 0 fully saturated rings. The summed E-state index contributed by atoms with van der Waals surface area (Å²) >= 11 is 7.21. The first-order valence-corrected chi connectivity index (χ1v) is 9.49. The van der Waals surface area contributed by atoms with E-state index in [-0.39, 0.29) is 18.0 Å². The van der Waals surface area contributed by atoms with Crippen LogP contribution in [0.1, 0.15) is 5.56 Å². The summed E-state index contributed by atoms with van der Waals surface area (Å²) in [4.78, 5) is 33.4. The molecule has 0 aliphatic rings. The number of carbonyl (C=O) groups is 1. The van der Waals surface area contributed by atoms with Crippen LogP contribution in [-0.4, -0.2) is 24.8 Å². The number of nitrogens with one attached hydrogen (secondary N) is 1. The predicted octanol–water partition coefficient (Wildman–Crippen LogP) is 3.52. The molecule has 1 aromatic carbocycles. The lowest BCUT2D eigenvalue weighted by molar-refractivity contribution is -0.116. The lowest BCUT2D eigenvalue weighted by atomic mass is 10.2. The minimum atomic E-state index is -0.368. The molecule has 9 heteroatoms. The SMILES string of the molecule is Cc1ccc(NC(=O)Cn2cnc3c(-c4ccncc4)nsc3c2=O)c(Cl)c1. The van der Waals surface area contributed by atoms with Gasteiger partial charge in [-0.05, 0) is 48.3 Å². The fourth-order valence-corrected chi connectivity index (χ4v) is 3.82. The molecule has 3 aromatic heterocycles. The molecule has 4 aromatic rings. The van der Waals surface area contributed by atoms with Gasteiger partial charge >= 0.3 is 0 Å². The number of hydrogen-bond acceptors (Lipinski definition) is 6. The second kappa shape index (κ2) is 7.49. The van der Waals surface area contributed by atoms with E-state index in [1.807, 2.05) is 13.0 Å². The molecule has 0 saturated heterocycles. The first kappa shape index (κ1) is 18.3. The van der Waals surface area contributed by atoms with Crippen LogP contribution in [0.25, 0.3) is 21.5 Å². The molecular formula is C19H14ClN5O2S.